The second kappa shape index (κ2) is 7.25. The first-order valence-corrected chi connectivity index (χ1v) is 5.40. The smallest absolute Gasteiger partial charge is 0.0600 e. The quantitative estimate of drug-likeness (QED) is 0.828. The van der Waals surface area contributed by atoms with Gasteiger partial charge >= 0.3 is 0 Å². The fourth-order valence-corrected chi connectivity index (χ4v) is 1.55. The molecule has 0 aliphatic carbocycles. The summed E-state index contributed by atoms with van der Waals surface area (Å²) in [7, 11) is 0. The Balaban J connectivity index is 0.00000162. The van der Waals surface area contributed by atoms with Crippen molar-refractivity contribution in [2.24, 2.45) is 0 Å². The van der Waals surface area contributed by atoms with Gasteiger partial charge in [0.25, 0.3) is 0 Å². The third-order valence-corrected chi connectivity index (χ3v) is 2.46. The number of nitrogens with one attached hydrogen (secondary N) is 2. The Morgan fingerprint density at radius 3 is 1.78 bits per heavy atom. The number of allylic oxidation sites excluding steroid dienone is 1. The van der Waals surface area contributed by atoms with Crippen LogP contribution in [-0.2, 0) is 32.7 Å². The van der Waals surface area contributed by atoms with Crippen LogP contribution in [0.1, 0.15) is 11.1 Å². The molecule has 0 heterocycles. The zero-order chi connectivity index (χ0) is 12.1. The van der Waals surface area contributed by atoms with E-state index >= 15 is 0 Å². The Bertz CT molecular complexity index is 533. The topological polar surface area (TPSA) is 47.7 Å². The van der Waals surface area contributed by atoms with E-state index < -0.39 is 0 Å². The van der Waals surface area contributed by atoms with E-state index in [1.807, 2.05) is 60.7 Å². The largest absolute Gasteiger partial charge is 0.698 e. The van der Waals surface area contributed by atoms with Crippen molar-refractivity contribution < 1.29 is 32.7 Å². The molecule has 0 fully saturated rings. The van der Waals surface area contributed by atoms with Gasteiger partial charge in [0, 0.05) is 32.7 Å². The zero-order valence-corrected chi connectivity index (χ0v) is 12.8. The summed E-state index contributed by atoms with van der Waals surface area (Å²) in [6.45, 7) is 0. The van der Waals surface area contributed by atoms with Gasteiger partial charge in [0.1, 0.15) is 0 Å². The van der Waals surface area contributed by atoms with Crippen LogP contribution in [0.15, 0.2) is 66.7 Å². The molecule has 0 saturated carbocycles. The molecule has 0 aliphatic heterocycles. The van der Waals surface area contributed by atoms with Crippen LogP contribution in [0, 0.1) is 5.41 Å². The molecule has 18 heavy (non-hydrogen) atoms. The summed E-state index contributed by atoms with van der Waals surface area (Å²) in [5.74, 6) is 0. The van der Waals surface area contributed by atoms with Crippen LogP contribution in [-0.4, -0.2) is 5.71 Å². The molecule has 87 valence electrons. The van der Waals surface area contributed by atoms with E-state index in [1.165, 1.54) is 0 Å². The minimum atomic E-state index is 0. The molecule has 0 atom stereocenters. The molecule has 0 aliphatic rings. The summed E-state index contributed by atoms with van der Waals surface area (Å²) in [5.41, 5.74) is 10.3. The SMILES string of the molecule is N=C(/C=C(\[NH-])c1ccccc1)c1ccccc1.[Y]. The van der Waals surface area contributed by atoms with E-state index in [2.05, 4.69) is 0 Å². The average molecular weight is 310 g/mol. The Labute approximate surface area is 132 Å². The number of hydrogen-bond acceptors (Lipinski definition) is 1. The zero-order valence-electron chi connectivity index (χ0n) is 9.93. The Kier molecular flexibility index (Phi) is 5.96. The Morgan fingerprint density at radius 2 is 1.28 bits per heavy atom. The molecule has 0 spiro atoms. The summed E-state index contributed by atoms with van der Waals surface area (Å²) in [5, 5.41) is 7.91. The molecule has 0 aromatic heterocycles. The van der Waals surface area contributed by atoms with Crippen molar-refractivity contribution in [3.05, 3.63) is 83.6 Å². The van der Waals surface area contributed by atoms with Crippen molar-refractivity contribution >= 4 is 11.4 Å². The number of benzene rings is 2. The molecule has 2 rings (SSSR count). The normalized spacial score (nSPS) is 10.6. The van der Waals surface area contributed by atoms with E-state index in [-0.39, 0.29) is 32.7 Å². The van der Waals surface area contributed by atoms with Gasteiger partial charge in [-0.3, -0.25) is 0 Å². The summed E-state index contributed by atoms with van der Waals surface area (Å²) >= 11 is 0. The van der Waals surface area contributed by atoms with Gasteiger partial charge in [-0.15, -0.1) is 5.70 Å². The molecular formula is C15H13N2Y-. The average Bonchev–Trinajstić information content (AvgIpc) is 2.40. The Hall–Kier alpha value is -1.25. The van der Waals surface area contributed by atoms with Crippen LogP contribution in [0.25, 0.3) is 11.4 Å². The van der Waals surface area contributed by atoms with Crippen LogP contribution < -0.4 is 0 Å². The van der Waals surface area contributed by atoms with E-state index in [0.29, 0.717) is 11.4 Å². The van der Waals surface area contributed by atoms with Gasteiger partial charge in [0.05, 0.1) is 5.71 Å². The molecule has 2 nitrogen and oxygen atoms in total. The first kappa shape index (κ1) is 14.8. The van der Waals surface area contributed by atoms with Crippen molar-refractivity contribution in [1.29, 1.82) is 5.41 Å². The second-order valence-electron chi connectivity index (χ2n) is 3.70. The fourth-order valence-electron chi connectivity index (χ4n) is 1.55. The first-order valence-electron chi connectivity index (χ1n) is 5.40. The van der Waals surface area contributed by atoms with E-state index in [4.69, 9.17) is 11.1 Å². The minimum Gasteiger partial charge on any atom is -0.698 e. The van der Waals surface area contributed by atoms with Crippen molar-refractivity contribution in [1.82, 2.24) is 0 Å². The van der Waals surface area contributed by atoms with Crippen molar-refractivity contribution in [2.45, 2.75) is 0 Å². The third kappa shape index (κ3) is 3.90. The maximum Gasteiger partial charge on any atom is 0.0600 e. The van der Waals surface area contributed by atoms with Gasteiger partial charge in [-0.25, -0.2) is 0 Å². The van der Waals surface area contributed by atoms with Gasteiger partial charge in [0.15, 0.2) is 0 Å². The maximum absolute atomic E-state index is 7.91. The van der Waals surface area contributed by atoms with Crippen molar-refractivity contribution in [3.8, 4) is 0 Å². The van der Waals surface area contributed by atoms with Gasteiger partial charge in [-0.05, 0) is 11.1 Å². The first-order chi connectivity index (χ1) is 8.27. The van der Waals surface area contributed by atoms with Crippen LogP contribution >= 0.6 is 0 Å². The van der Waals surface area contributed by atoms with Crippen LogP contribution in [0.5, 0.6) is 0 Å². The molecule has 2 aromatic carbocycles. The number of hydrogen-bond donors (Lipinski definition) is 1. The predicted octanol–water partition coefficient (Wildman–Crippen LogP) is 4.15. The summed E-state index contributed by atoms with van der Waals surface area (Å²) in [4.78, 5) is 0. The third-order valence-electron chi connectivity index (χ3n) is 2.46. The Morgan fingerprint density at radius 1 is 0.833 bits per heavy atom. The molecule has 2 aromatic rings. The monoisotopic (exact) mass is 310 g/mol. The van der Waals surface area contributed by atoms with Gasteiger partial charge in [-0.1, -0.05) is 66.7 Å². The van der Waals surface area contributed by atoms with Gasteiger partial charge in [-0.2, -0.15) is 0 Å². The number of rotatable bonds is 3. The van der Waals surface area contributed by atoms with E-state index in [1.54, 1.807) is 6.08 Å². The van der Waals surface area contributed by atoms with Crippen molar-refractivity contribution in [3.63, 3.8) is 0 Å². The van der Waals surface area contributed by atoms with Crippen LogP contribution in [0.4, 0.5) is 0 Å². The summed E-state index contributed by atoms with van der Waals surface area (Å²) in [6.07, 6.45) is 1.57. The summed E-state index contributed by atoms with van der Waals surface area (Å²) in [6, 6.07) is 18.9. The molecule has 1 radical (unpaired) electrons. The second-order valence-corrected chi connectivity index (χ2v) is 3.70. The summed E-state index contributed by atoms with van der Waals surface area (Å²) < 4.78 is 0. The van der Waals surface area contributed by atoms with Crippen LogP contribution in [0.2, 0.25) is 0 Å². The van der Waals surface area contributed by atoms with Crippen LogP contribution in [0.3, 0.4) is 0 Å². The fraction of sp³-hybridized carbons (Fsp3) is 0. The maximum atomic E-state index is 7.91. The molecule has 0 amide bonds. The minimum absolute atomic E-state index is 0. The van der Waals surface area contributed by atoms with Crippen molar-refractivity contribution in [2.75, 3.05) is 0 Å². The molecule has 3 heteroatoms. The van der Waals surface area contributed by atoms with Gasteiger partial charge in [0.2, 0.25) is 0 Å². The van der Waals surface area contributed by atoms with E-state index in [0.717, 1.165) is 11.1 Å². The molecule has 0 unspecified atom stereocenters. The van der Waals surface area contributed by atoms with E-state index in [9.17, 15) is 0 Å². The molecule has 0 saturated heterocycles. The van der Waals surface area contributed by atoms with Gasteiger partial charge < -0.3 is 11.1 Å². The predicted molar refractivity (Wildman–Crippen MR) is 72.0 cm³/mol. The standard InChI is InChI=1S/C15H13N2.Y/c16-14(12-7-3-1-4-8-12)11-15(17)13-9-5-2-6-10-13;/h1-11,16-17H;/q-1;/b14-11-,17-15?;. The molecule has 2 N–H and O–H groups in total. The molecule has 0 bridgehead atoms. The molecular weight excluding hydrogens is 297 g/mol.